The van der Waals surface area contributed by atoms with Crippen molar-refractivity contribution in [2.24, 2.45) is 0 Å². The van der Waals surface area contributed by atoms with E-state index in [2.05, 4.69) is 5.73 Å². The van der Waals surface area contributed by atoms with Gasteiger partial charge in [-0.3, -0.25) is 0 Å². The average Bonchev–Trinajstić information content (AvgIpc) is 2.71. The van der Waals surface area contributed by atoms with Crippen molar-refractivity contribution < 1.29 is 5.11 Å². The molecule has 1 aromatic carbocycles. The summed E-state index contributed by atoms with van der Waals surface area (Å²) in [5, 5.41) is 8.85. The Hall–Kier alpha value is -1.56. The van der Waals surface area contributed by atoms with Crippen molar-refractivity contribution in [1.82, 2.24) is 0 Å². The highest BCUT2D eigenvalue weighted by atomic mass is 16.3. The van der Waals surface area contributed by atoms with E-state index in [0.717, 1.165) is 16.7 Å². The van der Waals surface area contributed by atoms with Gasteiger partial charge in [0.15, 0.2) is 0 Å². The largest absolute Gasteiger partial charge is 0.392 e. The number of allylic oxidation sites excluding steroid dienone is 3. The van der Waals surface area contributed by atoms with E-state index in [9.17, 15) is 0 Å². The van der Waals surface area contributed by atoms with Crippen LogP contribution in [0.15, 0.2) is 48.2 Å². The van der Waals surface area contributed by atoms with Crippen LogP contribution in [0.25, 0.3) is 5.57 Å². The molecule has 0 saturated heterocycles. The second kappa shape index (κ2) is 3.44. The quantitative estimate of drug-likeness (QED) is 0.675. The van der Waals surface area contributed by atoms with Crippen molar-refractivity contribution in [2.75, 3.05) is 0 Å². The van der Waals surface area contributed by atoms with Gasteiger partial charge in [-0.15, -0.1) is 5.73 Å². The van der Waals surface area contributed by atoms with E-state index >= 15 is 0 Å². The maximum atomic E-state index is 8.85. The smallest absolute Gasteiger partial charge is 0.0681 e. The number of aliphatic hydroxyl groups is 1. The van der Waals surface area contributed by atoms with Crippen LogP contribution in [0.1, 0.15) is 11.1 Å². The molecule has 64 valence electrons. The summed E-state index contributed by atoms with van der Waals surface area (Å²) in [4.78, 5) is 0. The van der Waals surface area contributed by atoms with E-state index in [1.807, 2.05) is 42.5 Å². The van der Waals surface area contributed by atoms with Gasteiger partial charge >= 0.3 is 0 Å². The first kappa shape index (κ1) is 8.06. The van der Waals surface area contributed by atoms with E-state index < -0.39 is 0 Å². The zero-order valence-corrected chi connectivity index (χ0v) is 7.20. The molecule has 0 saturated carbocycles. The van der Waals surface area contributed by atoms with Crippen LogP contribution in [0.2, 0.25) is 0 Å². The fourth-order valence-electron chi connectivity index (χ4n) is 1.30. The highest BCUT2D eigenvalue weighted by Gasteiger charge is 1.98. The summed E-state index contributed by atoms with van der Waals surface area (Å²) in [5.74, 6) is 0. The average molecular weight is 170 g/mol. The lowest BCUT2D eigenvalue weighted by Crippen LogP contribution is -1.83. The first-order valence-electron chi connectivity index (χ1n) is 4.24. The van der Waals surface area contributed by atoms with Crippen LogP contribution in [0.5, 0.6) is 0 Å². The van der Waals surface area contributed by atoms with Gasteiger partial charge in [-0.25, -0.2) is 0 Å². The molecule has 1 aromatic rings. The third kappa shape index (κ3) is 1.62. The number of rotatable bonds is 2. The Morgan fingerprint density at radius 3 is 2.46 bits per heavy atom. The Morgan fingerprint density at radius 2 is 1.92 bits per heavy atom. The fraction of sp³-hybridized carbons (Fsp3) is 0.0833. The molecule has 0 unspecified atom stereocenters. The van der Waals surface area contributed by atoms with Gasteiger partial charge in [-0.05, 0) is 23.3 Å². The first-order valence-corrected chi connectivity index (χ1v) is 4.24. The van der Waals surface area contributed by atoms with Crippen molar-refractivity contribution in [1.29, 1.82) is 0 Å². The van der Waals surface area contributed by atoms with E-state index in [0.29, 0.717) is 0 Å². The molecule has 0 aliphatic heterocycles. The van der Waals surface area contributed by atoms with E-state index in [1.54, 1.807) is 0 Å². The third-order valence-electron chi connectivity index (χ3n) is 2.05. The summed E-state index contributed by atoms with van der Waals surface area (Å²) in [6, 6.07) is 7.85. The lowest BCUT2D eigenvalue weighted by molar-refractivity contribution is 0.282. The maximum absolute atomic E-state index is 8.85. The van der Waals surface area contributed by atoms with Crippen LogP contribution in [-0.4, -0.2) is 5.11 Å². The molecule has 1 aliphatic carbocycles. The minimum atomic E-state index is 0.102. The Morgan fingerprint density at radius 1 is 1.15 bits per heavy atom. The predicted octanol–water partition coefficient (Wildman–Crippen LogP) is 2.29. The van der Waals surface area contributed by atoms with E-state index in [4.69, 9.17) is 5.11 Å². The number of aliphatic hydroxyl groups excluding tert-OH is 1. The SMILES string of the molecule is OCc1ccc(C2=C=CC=C2)cc1. The second-order valence-corrected chi connectivity index (χ2v) is 2.94. The molecule has 1 aliphatic rings. The molecular weight excluding hydrogens is 160 g/mol. The standard InChI is InChI=1S/C12H10O/c13-9-10-5-7-12(8-6-10)11-3-1-2-4-11/h1-3,5-8,13H,9H2. The zero-order chi connectivity index (χ0) is 9.10. The molecule has 1 nitrogen and oxygen atoms in total. The summed E-state index contributed by atoms with van der Waals surface area (Å²) in [5.41, 5.74) is 6.31. The summed E-state index contributed by atoms with van der Waals surface area (Å²) in [7, 11) is 0. The maximum Gasteiger partial charge on any atom is 0.0681 e. The van der Waals surface area contributed by atoms with Crippen molar-refractivity contribution >= 4 is 5.57 Å². The van der Waals surface area contributed by atoms with Gasteiger partial charge in [-0.1, -0.05) is 30.3 Å². The molecule has 13 heavy (non-hydrogen) atoms. The first-order chi connectivity index (χ1) is 6.40. The predicted molar refractivity (Wildman–Crippen MR) is 53.0 cm³/mol. The van der Waals surface area contributed by atoms with Gasteiger partial charge in [0.25, 0.3) is 0 Å². The summed E-state index contributed by atoms with van der Waals surface area (Å²) < 4.78 is 0. The van der Waals surface area contributed by atoms with Crippen molar-refractivity contribution in [3.63, 3.8) is 0 Å². The molecular formula is C12H10O. The van der Waals surface area contributed by atoms with E-state index in [-0.39, 0.29) is 6.61 Å². The van der Waals surface area contributed by atoms with Gasteiger partial charge in [-0.2, -0.15) is 0 Å². The number of hydrogen-bond donors (Lipinski definition) is 1. The number of benzene rings is 1. The van der Waals surface area contributed by atoms with Gasteiger partial charge in [0.1, 0.15) is 0 Å². The van der Waals surface area contributed by atoms with Crippen molar-refractivity contribution in [3.8, 4) is 0 Å². The van der Waals surface area contributed by atoms with Crippen LogP contribution in [0.3, 0.4) is 0 Å². The Balaban J connectivity index is 2.33. The van der Waals surface area contributed by atoms with Gasteiger partial charge in [0.05, 0.1) is 6.61 Å². The lowest BCUT2D eigenvalue weighted by atomic mass is 10.1. The van der Waals surface area contributed by atoms with Gasteiger partial charge in [0.2, 0.25) is 0 Å². The molecule has 0 heterocycles. The van der Waals surface area contributed by atoms with Gasteiger partial charge in [0, 0.05) is 5.57 Å². The van der Waals surface area contributed by atoms with Gasteiger partial charge < -0.3 is 5.11 Å². The zero-order valence-electron chi connectivity index (χ0n) is 7.20. The summed E-state index contributed by atoms with van der Waals surface area (Å²) in [6.45, 7) is 0.102. The normalized spacial score (nSPS) is 13.5. The van der Waals surface area contributed by atoms with E-state index in [1.165, 1.54) is 0 Å². The molecule has 1 N–H and O–H groups in total. The molecule has 0 fully saturated rings. The second-order valence-electron chi connectivity index (χ2n) is 2.94. The monoisotopic (exact) mass is 170 g/mol. The lowest BCUT2D eigenvalue weighted by Gasteiger charge is -1.99. The molecule has 0 atom stereocenters. The summed E-state index contributed by atoms with van der Waals surface area (Å²) in [6.07, 6.45) is 5.89. The van der Waals surface area contributed by atoms with Crippen LogP contribution < -0.4 is 0 Å². The highest BCUT2D eigenvalue weighted by molar-refractivity contribution is 5.76. The molecule has 0 aromatic heterocycles. The molecule has 0 radical (unpaired) electrons. The minimum absolute atomic E-state index is 0.102. The number of hydrogen-bond acceptors (Lipinski definition) is 1. The molecule has 0 amide bonds. The molecule has 1 heteroatoms. The van der Waals surface area contributed by atoms with Crippen LogP contribution in [0.4, 0.5) is 0 Å². The van der Waals surface area contributed by atoms with Crippen LogP contribution in [-0.2, 0) is 6.61 Å². The Labute approximate surface area is 77.3 Å². The fourth-order valence-corrected chi connectivity index (χ4v) is 1.30. The van der Waals surface area contributed by atoms with Crippen LogP contribution in [0, 0.1) is 0 Å². The highest BCUT2D eigenvalue weighted by Crippen LogP contribution is 2.18. The van der Waals surface area contributed by atoms with Crippen molar-refractivity contribution in [2.45, 2.75) is 6.61 Å². The van der Waals surface area contributed by atoms with Crippen molar-refractivity contribution in [3.05, 3.63) is 59.4 Å². The third-order valence-corrected chi connectivity index (χ3v) is 2.05. The minimum Gasteiger partial charge on any atom is -0.392 e. The Bertz CT molecular complexity index is 390. The molecule has 2 rings (SSSR count). The topological polar surface area (TPSA) is 20.2 Å². The molecule has 0 bridgehead atoms. The van der Waals surface area contributed by atoms with Crippen LogP contribution >= 0.6 is 0 Å². The Kier molecular flexibility index (Phi) is 2.13. The summed E-state index contributed by atoms with van der Waals surface area (Å²) >= 11 is 0. The molecule has 0 spiro atoms.